The normalized spacial score (nSPS) is 19.8. The number of hydrogen-bond donors (Lipinski definition) is 2. The van der Waals surface area contributed by atoms with Crippen LogP contribution in [0.2, 0.25) is 0 Å². The summed E-state index contributed by atoms with van der Waals surface area (Å²) in [5.41, 5.74) is 0. The number of nitrogens with zero attached hydrogens (tertiary/aromatic N) is 22. The zero-order chi connectivity index (χ0) is 93.9. The average Bonchev–Trinajstić information content (AvgIpc) is 1.19. The molecule has 18 aliphatic heterocycles. The van der Waals surface area contributed by atoms with Gasteiger partial charge in [-0.05, 0) is 246 Å². The summed E-state index contributed by atoms with van der Waals surface area (Å²) in [5.74, 6) is 0.273. The molecule has 0 atom stereocenters. The van der Waals surface area contributed by atoms with Crippen LogP contribution in [0.5, 0.6) is 0 Å². The molecule has 0 aromatic carbocycles. The fourth-order valence-corrected chi connectivity index (χ4v) is 11.0. The standard InChI is InChI=1S/C7H15N.C7H11N.C7H9N.C6H13N.2C6H9N.C5H12N2.2C5H8N2.C5H11NO.C5H7NO.C5H11N.C5H9N.C5H7N.C4H6N2.C4H7NO.C4H9N.C4H7N.C3H7N.C3H5N/c3*1-8-6-4-2-3-5-7-8;3*1-7-5-3-2-4-6-7;3*1-7-4-2-6-3-5-7;2*1-6-2-4-7-5-3-6;3*1-6-4-2-3-5-6;1-6-3-2-5-4-6;1-5-3-2-4(5)6;2*1-5-3-2-4-5;2*1-4-2-3-4/h2-7H2,1H3;2-4,6H,5,7H2,1H3;2-7H,1H3;2-6H2,1H3;3-6H,2H2,1H3;2-5H,6H2,1H3;6H,2-5H2,1H3;2-4H,5H2,1H3;2-6H,1H3;2-5H2,1H3;2-5H,1H3;2-5H2,1H3;2,4H,3,5H2,1H3;2-5H,1H3;2-4H,1H3;2-3H2,1H3;2-4H2,1H3;2-3H,4H2,1H3;2-3H2,1H3;2-3H,1H3. The maximum absolute atomic E-state index is 10.2. The Balaban J connectivity index is 0.000000675. The highest BCUT2D eigenvalue weighted by atomic mass is 16.5. The van der Waals surface area contributed by atoms with E-state index in [1.807, 2.05) is 233 Å². The van der Waals surface area contributed by atoms with Crippen LogP contribution in [0.4, 0.5) is 0 Å². The van der Waals surface area contributed by atoms with E-state index in [0.717, 1.165) is 85.0 Å². The lowest BCUT2D eigenvalue weighted by atomic mass is 10.1. The number of aliphatic imine (C=N–C) groups is 1. The first-order valence-corrected chi connectivity index (χ1v) is 46.5. The van der Waals surface area contributed by atoms with Gasteiger partial charge in [-0.25, -0.2) is 4.98 Å². The molecule has 2 aromatic rings. The molecule has 20 rings (SSSR count). The minimum absolute atomic E-state index is 0.273. The zero-order valence-electron chi connectivity index (χ0n) is 83.7. The number of likely N-dealkylation sites (tertiary alicyclic amines) is 5. The van der Waals surface area contributed by atoms with Crippen LogP contribution in [0.3, 0.4) is 0 Å². The number of allylic oxidation sites excluding steroid dienone is 10. The van der Waals surface area contributed by atoms with Gasteiger partial charge in [0.2, 0.25) is 5.91 Å². The summed E-state index contributed by atoms with van der Waals surface area (Å²) >= 11 is 0. The van der Waals surface area contributed by atoms with Crippen molar-refractivity contribution in [3.8, 4) is 0 Å². The lowest BCUT2D eigenvalue weighted by molar-refractivity contribution is -0.137. The first-order valence-electron chi connectivity index (χ1n) is 46.5. The quantitative estimate of drug-likeness (QED) is 0.190. The van der Waals surface area contributed by atoms with Crippen LogP contribution in [-0.4, -0.2) is 398 Å². The topological polar surface area (TPSA) is 153 Å². The number of piperazine rings is 1. The summed E-state index contributed by atoms with van der Waals surface area (Å²) in [7, 11) is 41.1. The Labute approximate surface area is 780 Å². The van der Waals surface area contributed by atoms with Gasteiger partial charge in [-0.3, -0.25) is 9.79 Å². The molecule has 2 N–H and O–H groups in total. The van der Waals surface area contributed by atoms with Gasteiger partial charge in [0.25, 0.3) is 0 Å². The lowest BCUT2D eigenvalue weighted by Crippen LogP contribution is -2.40. The molecular formula is C101H180N24O3. The number of nitrogens with one attached hydrogen (secondary N) is 2. The number of aryl methyl sites for hydroxylation is 2. The van der Waals surface area contributed by atoms with Crippen molar-refractivity contribution in [2.75, 3.05) is 284 Å². The summed E-state index contributed by atoms with van der Waals surface area (Å²) < 4.78 is 13.7. The Morgan fingerprint density at radius 1 is 0.328 bits per heavy atom. The fraction of sp³-hybridized carbons (Fsp3) is 0.574. The zero-order valence-corrected chi connectivity index (χ0v) is 83.7. The molecule has 8 saturated heterocycles. The lowest BCUT2D eigenvalue weighted by Gasteiger charge is -2.24. The number of likely N-dealkylation sites (N-methyl/N-ethyl adjacent to an activating group) is 5. The number of aromatic nitrogens is 3. The van der Waals surface area contributed by atoms with Crippen molar-refractivity contribution in [2.24, 2.45) is 19.1 Å². The monoisotopic (exact) mass is 1780 g/mol. The van der Waals surface area contributed by atoms with Gasteiger partial charge in [-0.2, -0.15) is 0 Å². The van der Waals surface area contributed by atoms with Crippen molar-refractivity contribution >= 4 is 12.1 Å². The van der Waals surface area contributed by atoms with Gasteiger partial charge < -0.3 is 117 Å². The second kappa shape index (κ2) is 81.9. The van der Waals surface area contributed by atoms with Gasteiger partial charge >= 0.3 is 0 Å². The van der Waals surface area contributed by atoms with E-state index in [1.54, 1.807) is 36.1 Å². The fourth-order valence-electron chi connectivity index (χ4n) is 11.0. The van der Waals surface area contributed by atoms with Gasteiger partial charge in [0, 0.05) is 289 Å². The smallest absolute Gasteiger partial charge is 0.224 e. The van der Waals surface area contributed by atoms with Gasteiger partial charge in [-0.15, -0.1) is 0 Å². The van der Waals surface area contributed by atoms with E-state index >= 15 is 0 Å². The second-order valence-corrected chi connectivity index (χ2v) is 33.7. The number of β-lactam (4-membered cyclic amide) rings is 1. The third-order valence-electron chi connectivity index (χ3n) is 20.3. The van der Waals surface area contributed by atoms with Crippen LogP contribution in [-0.2, 0) is 28.4 Å². The largest absolute Gasteiger partial charge is 0.470 e. The van der Waals surface area contributed by atoms with E-state index < -0.39 is 0 Å². The molecule has 722 valence electrons. The molecule has 27 nitrogen and oxygen atoms in total. The summed E-state index contributed by atoms with van der Waals surface area (Å²) in [6, 6.07) is 4.00. The van der Waals surface area contributed by atoms with E-state index in [2.05, 4.69) is 249 Å². The van der Waals surface area contributed by atoms with E-state index in [9.17, 15) is 4.79 Å². The number of imidazole rings is 1. The maximum Gasteiger partial charge on any atom is 0.224 e. The Hall–Kier alpha value is -9.55. The predicted octanol–water partition coefficient (Wildman–Crippen LogP) is 13.1. The summed E-state index contributed by atoms with van der Waals surface area (Å²) in [6.45, 7) is 28.4. The molecule has 20 heterocycles. The number of ether oxygens (including phenoxy) is 2. The Kier molecular flexibility index (Phi) is 74.5. The maximum atomic E-state index is 10.2. The van der Waals surface area contributed by atoms with E-state index in [1.165, 1.54) is 162 Å². The summed E-state index contributed by atoms with van der Waals surface area (Å²) in [5, 5.41) is 6.19. The van der Waals surface area contributed by atoms with Crippen molar-refractivity contribution in [2.45, 2.75) is 89.9 Å². The number of morpholine rings is 1. The SMILES string of the molecule is CN1C=C1.CN1C=CC1.CN1C=CC=CC1.CN1C=CC=CC=C1.CN1C=CC=CCC1.CN1C=CCC1.CN1C=CCC=C1.CN1C=CN=CC1.CN1C=CNC=C1.CN1C=COC=C1.CN1CC1.CN1CCC1.CN1CCC1=O.CN1CCCC1.CN1CCCCC1.CN1CCCCCC1.CN1CCNCC1.CN1CCOCC1.Cn1cccc1.Cn1ccnc1. The van der Waals surface area contributed by atoms with Gasteiger partial charge in [0.15, 0.2) is 0 Å². The molecule has 128 heavy (non-hydrogen) atoms. The minimum Gasteiger partial charge on any atom is -0.470 e. The number of hydrogen-bond acceptors (Lipinski definition) is 24. The number of rotatable bonds is 0. The van der Waals surface area contributed by atoms with Crippen molar-refractivity contribution in [1.82, 2.24) is 113 Å². The van der Waals surface area contributed by atoms with Gasteiger partial charge in [-0.1, -0.05) is 73.9 Å². The van der Waals surface area contributed by atoms with Crippen molar-refractivity contribution in [3.05, 3.63) is 252 Å². The molecule has 0 spiro atoms. The summed E-state index contributed by atoms with van der Waals surface area (Å²) in [4.78, 5) is 56.4. The molecule has 8 fully saturated rings. The Morgan fingerprint density at radius 2 is 0.742 bits per heavy atom. The average molecular weight is 1780 g/mol. The van der Waals surface area contributed by atoms with E-state index in [4.69, 9.17) is 9.47 Å². The molecule has 0 saturated carbocycles. The second-order valence-electron chi connectivity index (χ2n) is 33.7. The highest BCUT2D eigenvalue weighted by Gasteiger charge is 2.17. The molecular weight excluding hydrogens is 1600 g/mol. The Bertz CT molecular complexity index is 3220. The van der Waals surface area contributed by atoms with Crippen LogP contribution in [0.25, 0.3) is 0 Å². The minimum atomic E-state index is 0.273. The molecule has 27 heteroatoms. The number of piperidine rings is 1. The van der Waals surface area contributed by atoms with Crippen LogP contribution < -0.4 is 10.6 Å². The van der Waals surface area contributed by atoms with Crippen LogP contribution in [0.1, 0.15) is 89.9 Å². The molecule has 2 aromatic heterocycles. The Morgan fingerprint density at radius 3 is 1.00 bits per heavy atom. The third kappa shape index (κ3) is 83.4. The molecule has 1 amide bonds. The first-order chi connectivity index (χ1) is 61.8. The van der Waals surface area contributed by atoms with E-state index in [-0.39, 0.29) is 5.91 Å². The molecule has 0 unspecified atom stereocenters. The van der Waals surface area contributed by atoms with Crippen molar-refractivity contribution < 1.29 is 14.3 Å². The highest BCUT2D eigenvalue weighted by molar-refractivity contribution is 5.81. The van der Waals surface area contributed by atoms with Gasteiger partial charge in [0.1, 0.15) is 12.5 Å². The van der Waals surface area contributed by atoms with Crippen LogP contribution >= 0.6 is 0 Å². The molecule has 18 aliphatic rings. The molecule has 0 radical (unpaired) electrons. The van der Waals surface area contributed by atoms with Crippen molar-refractivity contribution in [3.63, 3.8) is 0 Å². The van der Waals surface area contributed by atoms with Crippen LogP contribution in [0, 0.1) is 0 Å². The number of carbonyl (C=O) groups excluding carboxylic acids is 1. The highest BCUT2D eigenvalue weighted by Crippen LogP contribution is 2.09. The summed E-state index contributed by atoms with van der Waals surface area (Å²) in [6.07, 6.45) is 97.6. The predicted molar refractivity (Wildman–Crippen MR) is 547 cm³/mol. The van der Waals surface area contributed by atoms with Crippen molar-refractivity contribution in [1.29, 1.82) is 0 Å². The number of carbonyl (C=O) groups is 1. The first kappa shape index (κ1) is 116. The number of amides is 1. The van der Waals surface area contributed by atoms with Gasteiger partial charge in [0.05, 0.1) is 26.1 Å². The third-order valence-corrected chi connectivity index (χ3v) is 20.3. The molecule has 0 aliphatic carbocycles. The van der Waals surface area contributed by atoms with E-state index in [0.29, 0.717) is 0 Å². The molecule has 0 bridgehead atoms. The van der Waals surface area contributed by atoms with Crippen LogP contribution in [0.15, 0.2) is 257 Å².